The molecule has 0 bridgehead atoms. The Bertz CT molecular complexity index is 2490. The lowest BCUT2D eigenvalue weighted by molar-refractivity contribution is -0.336. The third-order valence-corrected chi connectivity index (χ3v) is 21.5. The van der Waals surface area contributed by atoms with Crippen LogP contribution in [-0.2, 0) is 42.7 Å². The Morgan fingerprint density at radius 3 is 2.24 bits per heavy atom. The van der Waals surface area contributed by atoms with Gasteiger partial charge in [-0.1, -0.05) is 52.3 Å². The maximum Gasteiger partial charge on any atom is 0.229 e. The van der Waals surface area contributed by atoms with Crippen LogP contribution in [0.4, 0.5) is 0 Å². The smallest absolute Gasteiger partial charge is 0.229 e. The van der Waals surface area contributed by atoms with Crippen molar-refractivity contribution in [2.24, 2.45) is 0 Å². The average molecular weight is 1370 g/mol. The Labute approximate surface area is 521 Å². The Kier molecular flexibility index (Phi) is 28.2. The van der Waals surface area contributed by atoms with Gasteiger partial charge in [-0.05, 0) is 110 Å². The van der Waals surface area contributed by atoms with Gasteiger partial charge in [-0.25, -0.2) is 0 Å². The zero-order chi connectivity index (χ0) is 61.7. The first kappa shape index (κ1) is 71.2. The summed E-state index contributed by atoms with van der Waals surface area (Å²) in [4.78, 5) is 6.15. The van der Waals surface area contributed by atoms with Gasteiger partial charge in [0.25, 0.3) is 0 Å². The Balaban J connectivity index is 1.25. The van der Waals surface area contributed by atoms with Crippen LogP contribution >= 0.6 is 65.8 Å². The number of nitrogens with one attached hydrogen (secondary N) is 3. The van der Waals surface area contributed by atoms with E-state index in [2.05, 4.69) is 33.9 Å². The summed E-state index contributed by atoms with van der Waals surface area (Å²) in [6, 6.07) is -1.20. The highest BCUT2D eigenvalue weighted by Gasteiger charge is 2.51. The average Bonchev–Trinajstić information content (AvgIpc) is 3.65. The zero-order valence-electron chi connectivity index (χ0n) is 49.2. The van der Waals surface area contributed by atoms with Gasteiger partial charge in [-0.2, -0.15) is 5.48 Å². The SMILES string of the molecule is C#C/C=C\C#C[C@H](OC1OC(C)C(NOC2CC(O)C(SC(O)c3c(C)c(I)c(OC4OC(C)C(O)C(OC)C4O)c(OC)c3OC)C(C)O2)C(O)C1OC1CC(OC)C(NCC)CO1)C1=C(NC(C)O)C(O)C[C@](C)(O)/C1=C\CSSSC. The van der Waals surface area contributed by atoms with E-state index in [-0.39, 0.29) is 66.5 Å². The fourth-order valence-corrected chi connectivity index (χ4v) is 15.2. The maximum atomic E-state index is 12.6. The van der Waals surface area contributed by atoms with E-state index < -0.39 is 121 Å². The molecule has 4 fully saturated rings. The number of aliphatic hydroxyl groups is 8. The van der Waals surface area contributed by atoms with Gasteiger partial charge in [0.2, 0.25) is 12.0 Å². The zero-order valence-corrected chi connectivity index (χ0v) is 54.6. The predicted molar refractivity (Wildman–Crippen MR) is 327 cm³/mol. The fourth-order valence-electron chi connectivity index (χ4n) is 10.8. The summed E-state index contributed by atoms with van der Waals surface area (Å²) in [5.41, 5.74) is 1.66. The summed E-state index contributed by atoms with van der Waals surface area (Å²) in [6.07, 6.45) is -6.52. The minimum atomic E-state index is -1.61. The van der Waals surface area contributed by atoms with E-state index in [1.807, 2.05) is 41.8 Å². The van der Waals surface area contributed by atoms with E-state index in [4.69, 9.17) is 63.4 Å². The molecule has 0 radical (unpaired) electrons. The number of hydroxylamine groups is 1. The molecule has 0 saturated carbocycles. The van der Waals surface area contributed by atoms with Crippen LogP contribution in [-0.4, -0.2) is 222 Å². The summed E-state index contributed by atoms with van der Waals surface area (Å²) in [6.45, 7) is 12.7. The van der Waals surface area contributed by atoms with Gasteiger partial charge in [0, 0.05) is 56.1 Å². The molecule has 0 amide bonds. The predicted octanol–water partition coefficient (Wildman–Crippen LogP) is 3.05. The number of ether oxygens (including phenoxy) is 11. The highest BCUT2D eigenvalue weighted by molar-refractivity contribution is 14.1. The summed E-state index contributed by atoms with van der Waals surface area (Å²) < 4.78 is 68.2. The molecule has 5 aliphatic rings. The number of benzene rings is 1. The number of allylic oxidation sites excluding steroid dienone is 2. The minimum absolute atomic E-state index is 0.0812. The highest BCUT2D eigenvalue weighted by Crippen LogP contribution is 2.52. The van der Waals surface area contributed by atoms with Gasteiger partial charge in [0.1, 0.15) is 48.3 Å². The van der Waals surface area contributed by atoms with Crippen LogP contribution in [0.2, 0.25) is 0 Å². The van der Waals surface area contributed by atoms with Gasteiger partial charge < -0.3 is 104 Å². The van der Waals surface area contributed by atoms with Crippen molar-refractivity contribution < 1.29 is 97.8 Å². The number of rotatable bonds is 25. The first-order valence-corrected chi connectivity index (χ1v) is 33.6. The van der Waals surface area contributed by atoms with Crippen molar-refractivity contribution in [3.05, 3.63) is 49.8 Å². The molecule has 1 aliphatic carbocycles. The van der Waals surface area contributed by atoms with Crippen molar-refractivity contribution in [2.45, 2.75) is 201 Å². The summed E-state index contributed by atoms with van der Waals surface area (Å²) in [5.74, 6) is 9.23. The van der Waals surface area contributed by atoms with Gasteiger partial charge >= 0.3 is 0 Å². The Hall–Kier alpha value is -1.87. The molecular weight excluding hydrogens is 1290 g/mol. The monoisotopic (exact) mass is 1370 g/mol. The third kappa shape index (κ3) is 17.3. The number of aliphatic hydroxyl groups excluding tert-OH is 7. The van der Waals surface area contributed by atoms with Crippen molar-refractivity contribution in [3.8, 4) is 41.4 Å². The van der Waals surface area contributed by atoms with Crippen LogP contribution in [0.25, 0.3) is 0 Å². The molecule has 22 atom stereocenters. The molecule has 474 valence electrons. The second-order valence-corrected chi connectivity index (χ2v) is 27.6. The van der Waals surface area contributed by atoms with Gasteiger partial charge in [0.15, 0.2) is 30.4 Å². The molecule has 6 rings (SSSR count). The summed E-state index contributed by atoms with van der Waals surface area (Å²) in [5, 5.41) is 98.0. The van der Waals surface area contributed by atoms with E-state index in [9.17, 15) is 40.9 Å². The number of hydrogen-bond acceptors (Lipinski definition) is 27. The number of likely N-dealkylation sites (N-methyl/N-ethyl adjacent to an activating group) is 1. The lowest BCUT2D eigenvalue weighted by Crippen LogP contribution is -2.65. The first-order chi connectivity index (χ1) is 40.0. The van der Waals surface area contributed by atoms with Crippen LogP contribution in [0, 0.1) is 34.7 Å². The van der Waals surface area contributed by atoms with Crippen LogP contribution < -0.4 is 30.3 Å². The van der Waals surface area contributed by atoms with Crippen molar-refractivity contribution in [2.75, 3.05) is 53.6 Å². The third-order valence-electron chi connectivity index (χ3n) is 15.0. The van der Waals surface area contributed by atoms with Gasteiger partial charge in [-0.3, -0.25) is 4.84 Å². The molecule has 84 heavy (non-hydrogen) atoms. The first-order valence-electron chi connectivity index (χ1n) is 27.5. The largest absolute Gasteiger partial charge is 0.492 e. The van der Waals surface area contributed by atoms with E-state index in [0.29, 0.717) is 32.6 Å². The van der Waals surface area contributed by atoms with Crippen molar-refractivity contribution in [3.63, 3.8) is 0 Å². The molecule has 4 aliphatic heterocycles. The Morgan fingerprint density at radius 1 is 0.893 bits per heavy atom. The molecule has 11 N–H and O–H groups in total. The lowest BCUT2D eigenvalue weighted by Gasteiger charge is -2.47. The quantitative estimate of drug-likeness (QED) is 0.0167. The molecule has 23 nitrogen and oxygen atoms in total. The number of halogens is 1. The van der Waals surface area contributed by atoms with E-state index >= 15 is 0 Å². The molecule has 4 saturated heterocycles. The van der Waals surface area contributed by atoms with Crippen LogP contribution in [0.15, 0.2) is 35.1 Å². The molecule has 0 spiro atoms. The van der Waals surface area contributed by atoms with E-state index in [1.165, 1.54) is 51.2 Å². The van der Waals surface area contributed by atoms with E-state index in [1.54, 1.807) is 62.3 Å². The molecule has 20 unspecified atom stereocenters. The molecule has 28 heteroatoms. The maximum absolute atomic E-state index is 12.6. The van der Waals surface area contributed by atoms with Gasteiger partial charge in [-0.15, -0.1) is 18.2 Å². The highest BCUT2D eigenvalue weighted by atomic mass is 127. The van der Waals surface area contributed by atoms with E-state index in [0.717, 1.165) is 11.8 Å². The van der Waals surface area contributed by atoms with Crippen LogP contribution in [0.3, 0.4) is 0 Å². The molecule has 1 aromatic carbocycles. The number of methoxy groups -OCH3 is 4. The van der Waals surface area contributed by atoms with Crippen molar-refractivity contribution in [1.82, 2.24) is 16.1 Å². The number of terminal acetylenes is 1. The molecule has 4 heterocycles. The standard InChI is InChI=1S/C56H84IN3O20S4/c1-14-16-17-18-19-35(40-31(20-21-82-84-81-13)56(8,68)24-34(63)43(40)59-30(7)61)77-55-50(78-37-23-36(69-9)32(25-73-37)58-15-2)45(65)42(27(4)75-55)60-80-38-22-33(62)52(29(6)74-38)83-53(67)39-26(3)41(57)48(51(72-12)47(39)70-10)79-54-46(66)49(71-11)44(64)28(5)76-54/h1,16-17,20,27-30,32-38,42,44-46,49-50,52-55,58-68H,15,21-25H2,2-13H3/b17-16-,31-20-/t27?,28?,29?,30?,32?,33?,34?,35-,36?,37?,38?,42?,44?,45?,46?,49?,50?,52?,53?,54?,55?,56-/m0/s1. The minimum Gasteiger partial charge on any atom is -0.492 e. The molecule has 1 aromatic rings. The summed E-state index contributed by atoms with van der Waals surface area (Å²) >= 11 is 3.08. The summed E-state index contributed by atoms with van der Waals surface area (Å²) in [7, 11) is 10.4. The Morgan fingerprint density at radius 2 is 1.61 bits per heavy atom. The van der Waals surface area contributed by atoms with Crippen molar-refractivity contribution >= 4 is 65.8 Å². The normalized spacial score (nSPS) is 36.4. The molecule has 0 aromatic heterocycles. The van der Waals surface area contributed by atoms with Crippen molar-refractivity contribution in [1.29, 1.82) is 0 Å². The fraction of sp³-hybridized carbons (Fsp3) is 0.714. The van der Waals surface area contributed by atoms with Crippen LogP contribution in [0.5, 0.6) is 17.2 Å². The molecular formula is C56H84IN3O20S4. The topological polar surface area (TPSA) is 309 Å². The lowest BCUT2D eigenvalue weighted by atomic mass is 9.75. The van der Waals surface area contributed by atoms with Crippen LogP contribution in [0.1, 0.15) is 77.4 Å². The number of hydrogen-bond donors (Lipinski definition) is 11. The number of thioether (sulfide) groups is 1. The van der Waals surface area contributed by atoms with Gasteiger partial charge in [0.05, 0.1) is 84.0 Å². The second kappa shape index (κ2) is 33.3. The second-order valence-electron chi connectivity index (χ2n) is 20.9.